The van der Waals surface area contributed by atoms with Crippen molar-refractivity contribution in [2.24, 2.45) is 10.2 Å². The first kappa shape index (κ1) is 17.5. The summed E-state index contributed by atoms with van der Waals surface area (Å²) in [6.07, 6.45) is 5.15. The molecule has 0 unspecified atom stereocenters. The van der Waals surface area contributed by atoms with Gasteiger partial charge in [-0.2, -0.15) is 5.10 Å². The van der Waals surface area contributed by atoms with Crippen LogP contribution in [0.1, 0.15) is 16.2 Å². The zero-order valence-electron chi connectivity index (χ0n) is 14.2. The third-order valence-corrected chi connectivity index (χ3v) is 5.56. The Kier molecular flexibility index (Phi) is 5.32. The molecule has 27 heavy (non-hydrogen) atoms. The van der Waals surface area contributed by atoms with E-state index in [-0.39, 0.29) is 5.91 Å². The lowest BCUT2D eigenvalue weighted by Crippen LogP contribution is -2.28. The lowest BCUT2D eigenvalue weighted by Gasteiger charge is -2.12. The van der Waals surface area contributed by atoms with Crippen molar-refractivity contribution in [3.8, 4) is 0 Å². The highest BCUT2D eigenvalue weighted by molar-refractivity contribution is 8.18. The van der Waals surface area contributed by atoms with Crippen LogP contribution in [-0.4, -0.2) is 22.2 Å². The summed E-state index contributed by atoms with van der Waals surface area (Å²) in [6, 6.07) is 17.3. The summed E-state index contributed by atoms with van der Waals surface area (Å²) in [7, 11) is 0. The van der Waals surface area contributed by atoms with Crippen LogP contribution < -0.4 is 0 Å². The van der Waals surface area contributed by atoms with Crippen molar-refractivity contribution in [3.05, 3.63) is 87.3 Å². The molecule has 134 valence electrons. The van der Waals surface area contributed by atoms with Gasteiger partial charge in [0.15, 0.2) is 5.17 Å². The van der Waals surface area contributed by atoms with E-state index in [1.54, 1.807) is 34.8 Å². The van der Waals surface area contributed by atoms with E-state index in [1.165, 1.54) is 11.8 Å². The van der Waals surface area contributed by atoms with Crippen LogP contribution in [0, 0.1) is 0 Å². The Morgan fingerprint density at radius 1 is 1.07 bits per heavy atom. The predicted molar refractivity (Wildman–Crippen MR) is 111 cm³/mol. The molecule has 7 heteroatoms. The molecule has 0 N–H and O–H groups in total. The van der Waals surface area contributed by atoms with Crippen molar-refractivity contribution in [1.29, 1.82) is 0 Å². The van der Waals surface area contributed by atoms with E-state index in [0.29, 0.717) is 22.4 Å². The number of hydrogen-bond acceptors (Lipinski definition) is 6. The summed E-state index contributed by atoms with van der Waals surface area (Å²) < 4.78 is 5.39. The van der Waals surface area contributed by atoms with Gasteiger partial charge in [-0.1, -0.05) is 36.4 Å². The van der Waals surface area contributed by atoms with Crippen molar-refractivity contribution < 1.29 is 9.21 Å². The second-order valence-corrected chi connectivity index (χ2v) is 7.62. The van der Waals surface area contributed by atoms with Crippen LogP contribution in [0.15, 0.2) is 85.8 Å². The zero-order chi connectivity index (χ0) is 18.5. The monoisotopic (exact) mass is 393 g/mol. The number of amidine groups is 1. The lowest BCUT2D eigenvalue weighted by molar-refractivity contribution is -0.122. The van der Waals surface area contributed by atoms with E-state index in [2.05, 4.69) is 10.2 Å². The molecule has 1 aromatic carbocycles. The average Bonchev–Trinajstić information content (AvgIpc) is 3.43. The molecule has 1 aliphatic rings. The molecule has 5 nitrogen and oxygen atoms in total. The van der Waals surface area contributed by atoms with Crippen LogP contribution in [0.4, 0.5) is 0 Å². The van der Waals surface area contributed by atoms with Crippen molar-refractivity contribution in [3.63, 3.8) is 0 Å². The van der Waals surface area contributed by atoms with Crippen molar-refractivity contribution in [2.45, 2.75) is 6.54 Å². The van der Waals surface area contributed by atoms with Crippen LogP contribution in [0.2, 0.25) is 0 Å². The van der Waals surface area contributed by atoms with Gasteiger partial charge in [-0.15, -0.1) is 16.4 Å². The van der Waals surface area contributed by atoms with Gasteiger partial charge < -0.3 is 4.42 Å². The van der Waals surface area contributed by atoms with Crippen LogP contribution in [0.25, 0.3) is 6.08 Å². The van der Waals surface area contributed by atoms with Gasteiger partial charge in [0.2, 0.25) is 0 Å². The Morgan fingerprint density at radius 3 is 2.70 bits per heavy atom. The normalized spacial score (nSPS) is 17.6. The molecule has 1 saturated heterocycles. The predicted octanol–water partition coefficient (Wildman–Crippen LogP) is 4.85. The Bertz CT molecular complexity index is 991. The minimum absolute atomic E-state index is 0.0986. The second-order valence-electron chi connectivity index (χ2n) is 5.63. The average molecular weight is 393 g/mol. The molecule has 1 fully saturated rings. The van der Waals surface area contributed by atoms with Crippen molar-refractivity contribution >= 4 is 46.5 Å². The van der Waals surface area contributed by atoms with Gasteiger partial charge in [-0.3, -0.25) is 9.69 Å². The molecule has 3 heterocycles. The summed E-state index contributed by atoms with van der Waals surface area (Å²) >= 11 is 2.91. The zero-order valence-corrected chi connectivity index (χ0v) is 15.8. The van der Waals surface area contributed by atoms with E-state index in [0.717, 1.165) is 10.4 Å². The topological polar surface area (TPSA) is 58.2 Å². The maximum Gasteiger partial charge on any atom is 0.267 e. The van der Waals surface area contributed by atoms with Gasteiger partial charge in [0.05, 0.1) is 23.9 Å². The number of thiophene rings is 1. The Balaban J connectivity index is 1.61. The fourth-order valence-electron chi connectivity index (χ4n) is 2.47. The Labute approximate surface area is 164 Å². The first-order chi connectivity index (χ1) is 13.3. The number of rotatable bonds is 5. The van der Waals surface area contributed by atoms with E-state index in [4.69, 9.17) is 4.42 Å². The van der Waals surface area contributed by atoms with Crippen LogP contribution in [-0.2, 0) is 11.3 Å². The second kappa shape index (κ2) is 8.20. The van der Waals surface area contributed by atoms with Gasteiger partial charge in [-0.05, 0) is 47.0 Å². The molecule has 2 aromatic heterocycles. The Morgan fingerprint density at radius 2 is 1.96 bits per heavy atom. The molecule has 1 aliphatic heterocycles. The van der Waals surface area contributed by atoms with Crippen LogP contribution >= 0.6 is 23.1 Å². The standard InChI is InChI=1S/C20H15N3O2S2/c24-19-18(12-17-9-5-11-26-17)27-20(23(19)14-16-8-4-10-25-16)22-21-13-15-6-2-1-3-7-15/h1-13H,14H2/b18-12-,21-13+,22-20+. The summed E-state index contributed by atoms with van der Waals surface area (Å²) in [5.74, 6) is 0.597. The SMILES string of the molecule is O=C1/C(=C/c2cccs2)S/C(=N/N=C/c2ccccc2)N1Cc1ccco1. The number of thioether (sulfide) groups is 1. The molecule has 3 aromatic rings. The van der Waals surface area contributed by atoms with E-state index in [1.807, 2.05) is 60.0 Å². The maximum atomic E-state index is 12.9. The summed E-state index contributed by atoms with van der Waals surface area (Å²) in [6.45, 7) is 0.320. The number of amides is 1. The van der Waals surface area contributed by atoms with E-state index < -0.39 is 0 Å². The summed E-state index contributed by atoms with van der Waals surface area (Å²) in [4.78, 5) is 16.1. The first-order valence-corrected chi connectivity index (χ1v) is 9.92. The van der Waals surface area contributed by atoms with Gasteiger partial charge in [0.1, 0.15) is 5.76 Å². The molecular formula is C20H15N3O2S2. The fraction of sp³-hybridized carbons (Fsp3) is 0.0500. The molecule has 0 saturated carbocycles. The molecule has 4 rings (SSSR count). The highest BCUT2D eigenvalue weighted by Gasteiger charge is 2.34. The van der Waals surface area contributed by atoms with E-state index >= 15 is 0 Å². The maximum absolute atomic E-state index is 12.9. The van der Waals surface area contributed by atoms with Gasteiger partial charge in [0.25, 0.3) is 5.91 Å². The largest absolute Gasteiger partial charge is 0.467 e. The van der Waals surface area contributed by atoms with Crippen LogP contribution in [0.3, 0.4) is 0 Å². The van der Waals surface area contributed by atoms with Crippen molar-refractivity contribution in [2.75, 3.05) is 0 Å². The van der Waals surface area contributed by atoms with Crippen molar-refractivity contribution in [1.82, 2.24) is 4.90 Å². The first-order valence-electron chi connectivity index (χ1n) is 8.23. The highest BCUT2D eigenvalue weighted by Crippen LogP contribution is 2.34. The Hall–Kier alpha value is -2.90. The van der Waals surface area contributed by atoms with Gasteiger partial charge >= 0.3 is 0 Å². The quantitative estimate of drug-likeness (QED) is 0.354. The number of carbonyl (C=O) groups excluding carboxylic acids is 1. The number of carbonyl (C=O) groups is 1. The van der Waals surface area contributed by atoms with E-state index in [9.17, 15) is 4.79 Å². The molecule has 0 atom stereocenters. The molecule has 1 amide bonds. The number of nitrogens with zero attached hydrogens (tertiary/aromatic N) is 3. The summed E-state index contributed by atoms with van der Waals surface area (Å²) in [5, 5.41) is 11.0. The minimum atomic E-state index is -0.0986. The molecule has 0 spiro atoms. The lowest BCUT2D eigenvalue weighted by atomic mass is 10.2. The van der Waals surface area contributed by atoms with Gasteiger partial charge in [-0.25, -0.2) is 0 Å². The number of furan rings is 1. The number of hydrogen-bond donors (Lipinski definition) is 0. The third-order valence-electron chi connectivity index (χ3n) is 3.75. The third kappa shape index (κ3) is 4.27. The minimum Gasteiger partial charge on any atom is -0.467 e. The highest BCUT2D eigenvalue weighted by atomic mass is 32.2. The fourth-order valence-corrected chi connectivity index (χ4v) is 4.12. The molecule has 0 bridgehead atoms. The molecule has 0 aliphatic carbocycles. The smallest absolute Gasteiger partial charge is 0.267 e. The van der Waals surface area contributed by atoms with Gasteiger partial charge in [0, 0.05) is 4.88 Å². The molecule has 0 radical (unpaired) electrons. The summed E-state index contributed by atoms with van der Waals surface area (Å²) in [5.41, 5.74) is 0.947. The molecular weight excluding hydrogens is 378 g/mol. The van der Waals surface area contributed by atoms with Crippen LogP contribution in [0.5, 0.6) is 0 Å². The number of benzene rings is 1.